The Morgan fingerprint density at radius 1 is 1.16 bits per heavy atom. The first-order valence-corrected chi connectivity index (χ1v) is 11.6. The van der Waals surface area contributed by atoms with Crippen LogP contribution in [0.1, 0.15) is 16.1 Å². The van der Waals surface area contributed by atoms with Gasteiger partial charge in [0.05, 0.1) is 30.1 Å². The zero-order valence-corrected chi connectivity index (χ0v) is 19.1. The van der Waals surface area contributed by atoms with Crippen molar-refractivity contribution < 1.29 is 9.53 Å². The molecule has 0 radical (unpaired) electrons. The topological polar surface area (TPSA) is 73.1 Å². The molecular weight excluding hydrogens is 442 g/mol. The number of benzene rings is 2. The number of aryl methyl sites for hydroxylation is 1. The van der Waals surface area contributed by atoms with E-state index in [4.69, 9.17) is 9.72 Å². The normalized spacial score (nSPS) is 11.1. The van der Waals surface area contributed by atoms with E-state index < -0.39 is 0 Å². The molecule has 32 heavy (non-hydrogen) atoms. The van der Waals surface area contributed by atoms with Gasteiger partial charge in [-0.2, -0.15) is 5.10 Å². The van der Waals surface area contributed by atoms with E-state index in [0.717, 1.165) is 32.1 Å². The Morgan fingerprint density at radius 2 is 2.00 bits per heavy atom. The fourth-order valence-electron chi connectivity index (χ4n) is 3.30. The number of hydrogen-bond donors (Lipinski definition) is 0. The Morgan fingerprint density at radius 3 is 2.75 bits per heavy atom. The summed E-state index contributed by atoms with van der Waals surface area (Å²) in [4.78, 5) is 24.6. The van der Waals surface area contributed by atoms with Crippen molar-refractivity contribution in [2.75, 3.05) is 12.0 Å². The fraction of sp³-hybridized carbons (Fsp3) is 0.130. The smallest absolute Gasteiger partial charge is 0.279 e. The molecule has 0 saturated carbocycles. The second-order valence-corrected chi connectivity index (χ2v) is 9.01. The van der Waals surface area contributed by atoms with E-state index in [0.29, 0.717) is 17.4 Å². The molecule has 0 bridgehead atoms. The second-order valence-electron chi connectivity index (χ2n) is 7.15. The predicted octanol–water partition coefficient (Wildman–Crippen LogP) is 5.01. The minimum atomic E-state index is -0.189. The molecule has 0 aliphatic rings. The van der Waals surface area contributed by atoms with Crippen LogP contribution in [0.3, 0.4) is 0 Å². The SMILES string of the molecule is COc1ccc2nc(N(Cc3ccccc3)C(=O)c3csc(-c4cnn(C)c4)n3)sc2c1. The van der Waals surface area contributed by atoms with Gasteiger partial charge in [0.25, 0.3) is 5.91 Å². The third-order valence-electron chi connectivity index (χ3n) is 4.92. The van der Waals surface area contributed by atoms with Gasteiger partial charge in [-0.15, -0.1) is 11.3 Å². The van der Waals surface area contributed by atoms with Crippen molar-refractivity contribution >= 4 is 43.9 Å². The maximum Gasteiger partial charge on any atom is 0.279 e. The number of rotatable bonds is 6. The van der Waals surface area contributed by atoms with Crippen LogP contribution in [0.4, 0.5) is 5.13 Å². The van der Waals surface area contributed by atoms with Gasteiger partial charge in [-0.1, -0.05) is 41.7 Å². The molecule has 5 rings (SSSR count). The molecule has 9 heteroatoms. The number of anilines is 1. The van der Waals surface area contributed by atoms with E-state index in [-0.39, 0.29) is 5.91 Å². The van der Waals surface area contributed by atoms with Gasteiger partial charge < -0.3 is 4.74 Å². The molecule has 5 aromatic rings. The average molecular weight is 462 g/mol. The summed E-state index contributed by atoms with van der Waals surface area (Å²) in [5.41, 5.74) is 3.12. The number of carbonyl (C=O) groups is 1. The Hall–Kier alpha value is -3.56. The van der Waals surface area contributed by atoms with Gasteiger partial charge in [-0.05, 0) is 23.8 Å². The summed E-state index contributed by atoms with van der Waals surface area (Å²) in [6.45, 7) is 0.399. The Balaban J connectivity index is 1.52. The molecule has 0 fully saturated rings. The molecule has 160 valence electrons. The molecule has 0 atom stereocenters. The maximum atomic E-state index is 13.6. The van der Waals surface area contributed by atoms with E-state index in [1.807, 2.05) is 61.8 Å². The van der Waals surface area contributed by atoms with Crippen LogP contribution >= 0.6 is 22.7 Å². The molecule has 0 aliphatic heterocycles. The van der Waals surface area contributed by atoms with Crippen molar-refractivity contribution in [2.45, 2.75) is 6.54 Å². The molecular formula is C23H19N5O2S2. The summed E-state index contributed by atoms with van der Waals surface area (Å²) < 4.78 is 8.01. The van der Waals surface area contributed by atoms with E-state index in [1.165, 1.54) is 22.7 Å². The minimum Gasteiger partial charge on any atom is -0.497 e. The largest absolute Gasteiger partial charge is 0.497 e. The number of amides is 1. The lowest BCUT2D eigenvalue weighted by atomic mass is 10.2. The summed E-state index contributed by atoms with van der Waals surface area (Å²) in [6, 6.07) is 15.6. The Labute approximate surface area is 192 Å². The van der Waals surface area contributed by atoms with Gasteiger partial charge in [0.15, 0.2) is 5.13 Å². The summed E-state index contributed by atoms with van der Waals surface area (Å²) in [5, 5.41) is 7.37. The highest BCUT2D eigenvalue weighted by molar-refractivity contribution is 7.22. The zero-order valence-electron chi connectivity index (χ0n) is 17.4. The quantitative estimate of drug-likeness (QED) is 0.355. The summed E-state index contributed by atoms with van der Waals surface area (Å²) >= 11 is 2.89. The van der Waals surface area contributed by atoms with Crippen LogP contribution < -0.4 is 9.64 Å². The maximum absolute atomic E-state index is 13.6. The van der Waals surface area contributed by atoms with Crippen LogP contribution in [0.15, 0.2) is 66.3 Å². The van der Waals surface area contributed by atoms with Gasteiger partial charge in [-0.3, -0.25) is 14.4 Å². The molecule has 0 N–H and O–H groups in total. The molecule has 0 spiro atoms. The highest BCUT2D eigenvalue weighted by atomic mass is 32.1. The number of methoxy groups -OCH3 is 1. The number of ether oxygens (including phenoxy) is 1. The first-order valence-electron chi connectivity index (χ1n) is 9.85. The van der Waals surface area contributed by atoms with Crippen molar-refractivity contribution in [1.29, 1.82) is 0 Å². The standard InChI is InChI=1S/C23H19N5O2S2/c1-27-13-16(11-24-27)21-25-19(14-31-21)22(29)28(12-15-6-4-3-5-7-15)23-26-18-9-8-17(30-2)10-20(18)32-23/h3-11,13-14H,12H2,1-2H3. The van der Waals surface area contributed by atoms with Gasteiger partial charge >= 0.3 is 0 Å². The lowest BCUT2D eigenvalue weighted by Gasteiger charge is -2.19. The van der Waals surface area contributed by atoms with E-state index in [2.05, 4.69) is 10.1 Å². The number of carbonyl (C=O) groups excluding carboxylic acids is 1. The minimum absolute atomic E-state index is 0.189. The molecule has 0 saturated heterocycles. The van der Waals surface area contributed by atoms with Crippen LogP contribution in [-0.4, -0.2) is 32.8 Å². The molecule has 3 aromatic heterocycles. The zero-order chi connectivity index (χ0) is 22.1. The van der Waals surface area contributed by atoms with Gasteiger partial charge in [0.2, 0.25) is 0 Å². The van der Waals surface area contributed by atoms with Gasteiger partial charge in [0.1, 0.15) is 16.5 Å². The number of hydrogen-bond acceptors (Lipinski definition) is 7. The molecule has 7 nitrogen and oxygen atoms in total. The second kappa shape index (κ2) is 8.52. The van der Waals surface area contributed by atoms with Crippen LogP contribution in [0, 0.1) is 0 Å². The van der Waals surface area contributed by atoms with E-state index in [1.54, 1.807) is 28.3 Å². The van der Waals surface area contributed by atoms with Crippen molar-refractivity contribution in [1.82, 2.24) is 19.7 Å². The summed E-state index contributed by atoms with van der Waals surface area (Å²) in [7, 11) is 3.49. The third-order valence-corrected chi connectivity index (χ3v) is 6.85. The number of nitrogens with zero attached hydrogens (tertiary/aromatic N) is 5. The van der Waals surface area contributed by atoms with Crippen LogP contribution in [0.25, 0.3) is 20.8 Å². The molecule has 0 aliphatic carbocycles. The highest BCUT2D eigenvalue weighted by Crippen LogP contribution is 2.33. The van der Waals surface area contributed by atoms with Crippen molar-refractivity contribution in [3.05, 3.63) is 77.6 Å². The molecule has 3 heterocycles. The highest BCUT2D eigenvalue weighted by Gasteiger charge is 2.24. The van der Waals surface area contributed by atoms with E-state index in [9.17, 15) is 4.79 Å². The Kier molecular flexibility index (Phi) is 5.42. The first-order chi connectivity index (χ1) is 15.6. The fourth-order valence-corrected chi connectivity index (χ4v) is 5.06. The van der Waals surface area contributed by atoms with Crippen molar-refractivity contribution in [3.8, 4) is 16.3 Å². The van der Waals surface area contributed by atoms with Crippen molar-refractivity contribution in [3.63, 3.8) is 0 Å². The predicted molar refractivity (Wildman–Crippen MR) is 127 cm³/mol. The average Bonchev–Trinajstić information content (AvgIpc) is 3.56. The summed E-state index contributed by atoms with van der Waals surface area (Å²) in [6.07, 6.45) is 3.63. The molecule has 1 amide bonds. The van der Waals surface area contributed by atoms with Crippen LogP contribution in [-0.2, 0) is 13.6 Å². The summed E-state index contributed by atoms with van der Waals surface area (Å²) in [5.74, 6) is 0.570. The van der Waals surface area contributed by atoms with Gasteiger partial charge in [-0.25, -0.2) is 9.97 Å². The number of fused-ring (bicyclic) bond motifs is 1. The van der Waals surface area contributed by atoms with Crippen LogP contribution in [0.5, 0.6) is 5.75 Å². The first kappa shape index (κ1) is 20.3. The van der Waals surface area contributed by atoms with Crippen molar-refractivity contribution in [2.24, 2.45) is 7.05 Å². The number of thiazole rings is 2. The lowest BCUT2D eigenvalue weighted by Crippen LogP contribution is -2.30. The molecule has 2 aromatic carbocycles. The molecule has 0 unspecified atom stereocenters. The third kappa shape index (κ3) is 4.00. The monoisotopic (exact) mass is 461 g/mol. The lowest BCUT2D eigenvalue weighted by molar-refractivity contribution is 0.0981. The van der Waals surface area contributed by atoms with Gasteiger partial charge in [0, 0.05) is 24.2 Å². The van der Waals surface area contributed by atoms with Crippen LogP contribution in [0.2, 0.25) is 0 Å². The van der Waals surface area contributed by atoms with E-state index >= 15 is 0 Å². The number of aromatic nitrogens is 4. The Bertz CT molecular complexity index is 1390.